The molecule has 0 atom stereocenters. The summed E-state index contributed by atoms with van der Waals surface area (Å²) in [6, 6.07) is 11.9. The van der Waals surface area contributed by atoms with Gasteiger partial charge in [-0.3, -0.25) is 0 Å². The number of hydrogen-bond donors (Lipinski definition) is 0. The van der Waals surface area contributed by atoms with Crippen LogP contribution in [0.15, 0.2) is 42.5 Å². The third-order valence-corrected chi connectivity index (χ3v) is 4.18. The zero-order valence-corrected chi connectivity index (χ0v) is 13.7. The normalized spacial score (nSPS) is 15.8. The molecule has 7 heteroatoms. The Kier molecular flexibility index (Phi) is 4.60. The van der Waals surface area contributed by atoms with Gasteiger partial charge in [-0.05, 0) is 42.9 Å². The van der Waals surface area contributed by atoms with Crippen LogP contribution in [0.2, 0.25) is 5.02 Å². The summed E-state index contributed by atoms with van der Waals surface area (Å²) in [5.74, 6) is -0.212. The molecule has 1 aliphatic rings. The fourth-order valence-corrected chi connectivity index (χ4v) is 3.07. The van der Waals surface area contributed by atoms with Gasteiger partial charge in [0.2, 0.25) is 0 Å². The van der Waals surface area contributed by atoms with E-state index in [1.807, 2.05) is 35.0 Å². The molecule has 0 unspecified atom stereocenters. The number of fused-ring (bicyclic) bond motifs is 1. The fourth-order valence-electron chi connectivity index (χ4n) is 2.83. The number of rotatable bonds is 2. The Morgan fingerprint density at radius 2 is 1.79 bits per heavy atom. The van der Waals surface area contributed by atoms with E-state index in [-0.39, 0.29) is 5.75 Å². The lowest BCUT2D eigenvalue weighted by Crippen LogP contribution is -2.26. The lowest BCUT2D eigenvalue weighted by atomic mass is 10.1. The Morgan fingerprint density at radius 3 is 2.50 bits per heavy atom. The van der Waals surface area contributed by atoms with Crippen molar-refractivity contribution in [3.63, 3.8) is 0 Å². The molecule has 24 heavy (non-hydrogen) atoms. The van der Waals surface area contributed by atoms with Gasteiger partial charge in [0.15, 0.2) is 0 Å². The number of likely N-dealkylation sites (N-methyl/N-ethyl adjacent to an activating group) is 1. The molecule has 0 fully saturated rings. The van der Waals surface area contributed by atoms with Crippen molar-refractivity contribution in [3.05, 3.63) is 53.1 Å². The second kappa shape index (κ2) is 6.53. The van der Waals surface area contributed by atoms with E-state index >= 15 is 0 Å². The first kappa shape index (κ1) is 16.9. The van der Waals surface area contributed by atoms with Gasteiger partial charge in [-0.15, -0.1) is 13.2 Å². The number of halogens is 4. The molecule has 0 spiro atoms. The molecule has 0 N–H and O–H groups in total. The minimum absolute atomic E-state index is 0.212. The summed E-state index contributed by atoms with van der Waals surface area (Å²) in [6.07, 6.45) is -4.70. The number of benzene rings is 2. The van der Waals surface area contributed by atoms with Crippen molar-refractivity contribution in [2.45, 2.75) is 12.9 Å². The summed E-state index contributed by atoms with van der Waals surface area (Å²) in [6.45, 7) is 1.98. The maximum Gasteiger partial charge on any atom is 0.573 e. The highest BCUT2D eigenvalue weighted by molar-refractivity contribution is 6.33. The van der Waals surface area contributed by atoms with Crippen molar-refractivity contribution < 1.29 is 17.9 Å². The van der Waals surface area contributed by atoms with Gasteiger partial charge in [0, 0.05) is 25.3 Å². The zero-order valence-electron chi connectivity index (χ0n) is 13.0. The Bertz CT molecular complexity index is 736. The van der Waals surface area contributed by atoms with Crippen LogP contribution in [-0.2, 0) is 6.54 Å². The minimum Gasteiger partial charge on any atom is -0.406 e. The van der Waals surface area contributed by atoms with Crippen molar-refractivity contribution in [1.29, 1.82) is 0 Å². The van der Waals surface area contributed by atoms with Gasteiger partial charge in [0.25, 0.3) is 0 Å². The number of para-hydroxylation sites is 1. The predicted octanol–water partition coefficient (Wildman–Crippen LogP) is 4.82. The van der Waals surface area contributed by atoms with Crippen LogP contribution in [0.5, 0.6) is 5.75 Å². The average Bonchev–Trinajstić information content (AvgIpc) is 2.64. The van der Waals surface area contributed by atoms with Crippen LogP contribution in [0.3, 0.4) is 0 Å². The molecule has 0 amide bonds. The van der Waals surface area contributed by atoms with Gasteiger partial charge in [-0.1, -0.05) is 23.7 Å². The fraction of sp³-hybridized carbons (Fsp3) is 0.294. The molecule has 0 aromatic heterocycles. The highest BCUT2D eigenvalue weighted by Crippen LogP contribution is 2.37. The van der Waals surface area contributed by atoms with E-state index in [0.717, 1.165) is 23.5 Å². The molecule has 3 rings (SSSR count). The Labute approximate surface area is 143 Å². The van der Waals surface area contributed by atoms with Crippen LogP contribution < -0.4 is 9.64 Å². The predicted molar refractivity (Wildman–Crippen MR) is 87.9 cm³/mol. The van der Waals surface area contributed by atoms with Crippen molar-refractivity contribution in [2.75, 3.05) is 25.0 Å². The minimum atomic E-state index is -4.70. The summed E-state index contributed by atoms with van der Waals surface area (Å²) in [4.78, 5) is 4.07. The van der Waals surface area contributed by atoms with Crippen LogP contribution in [0.25, 0.3) is 0 Å². The molecule has 0 aliphatic carbocycles. The van der Waals surface area contributed by atoms with E-state index in [0.29, 0.717) is 18.1 Å². The van der Waals surface area contributed by atoms with Crippen molar-refractivity contribution in [2.24, 2.45) is 0 Å². The lowest BCUT2D eigenvalue weighted by molar-refractivity contribution is -0.274. The highest BCUT2D eigenvalue weighted by atomic mass is 35.5. The Balaban J connectivity index is 2.03. The van der Waals surface area contributed by atoms with E-state index in [4.69, 9.17) is 11.6 Å². The molecule has 0 radical (unpaired) electrons. The summed E-state index contributed by atoms with van der Waals surface area (Å²) in [7, 11) is 1.93. The first-order chi connectivity index (χ1) is 11.3. The van der Waals surface area contributed by atoms with Gasteiger partial charge in [-0.2, -0.15) is 0 Å². The quantitative estimate of drug-likeness (QED) is 0.767. The second-order valence-corrected chi connectivity index (χ2v) is 6.09. The molecule has 1 aliphatic heterocycles. The summed E-state index contributed by atoms with van der Waals surface area (Å²) in [5.41, 5.74) is 2.43. The zero-order chi connectivity index (χ0) is 17.3. The van der Waals surface area contributed by atoms with Crippen LogP contribution in [0.4, 0.5) is 24.5 Å². The van der Waals surface area contributed by atoms with Gasteiger partial charge in [0.05, 0.1) is 10.7 Å². The van der Waals surface area contributed by atoms with Crippen LogP contribution in [0.1, 0.15) is 5.56 Å². The van der Waals surface area contributed by atoms with Gasteiger partial charge in [-0.25, -0.2) is 0 Å². The number of anilines is 2. The van der Waals surface area contributed by atoms with Crippen LogP contribution in [0, 0.1) is 0 Å². The number of alkyl halides is 3. The summed E-state index contributed by atoms with van der Waals surface area (Å²) < 4.78 is 41.4. The van der Waals surface area contributed by atoms with E-state index in [1.165, 1.54) is 12.1 Å². The monoisotopic (exact) mass is 356 g/mol. The SMILES string of the molecule is CN1CCN(c2ccccc2Cl)c2ccc(OC(F)(F)F)cc2C1. The Hall–Kier alpha value is -1.92. The van der Waals surface area contributed by atoms with Crippen molar-refractivity contribution in [3.8, 4) is 5.75 Å². The van der Waals surface area contributed by atoms with Gasteiger partial charge in [0.1, 0.15) is 5.75 Å². The van der Waals surface area contributed by atoms with Gasteiger partial charge < -0.3 is 14.5 Å². The lowest BCUT2D eigenvalue weighted by Gasteiger charge is -2.26. The van der Waals surface area contributed by atoms with Crippen LogP contribution in [-0.4, -0.2) is 31.4 Å². The maximum absolute atomic E-state index is 12.5. The first-order valence-corrected chi connectivity index (χ1v) is 7.80. The van der Waals surface area contributed by atoms with E-state index in [9.17, 15) is 13.2 Å². The number of hydrogen-bond acceptors (Lipinski definition) is 3. The molecule has 2 aromatic carbocycles. The summed E-state index contributed by atoms with van der Waals surface area (Å²) in [5, 5.41) is 0.601. The molecular weight excluding hydrogens is 341 g/mol. The van der Waals surface area contributed by atoms with Gasteiger partial charge >= 0.3 is 6.36 Å². The third kappa shape index (κ3) is 3.76. The second-order valence-electron chi connectivity index (χ2n) is 5.68. The molecule has 0 saturated carbocycles. The maximum atomic E-state index is 12.5. The molecule has 2 aromatic rings. The average molecular weight is 357 g/mol. The molecule has 0 saturated heterocycles. The Morgan fingerprint density at radius 1 is 1.04 bits per heavy atom. The van der Waals surface area contributed by atoms with E-state index in [2.05, 4.69) is 4.74 Å². The molecule has 1 heterocycles. The van der Waals surface area contributed by atoms with Crippen molar-refractivity contribution in [1.82, 2.24) is 4.90 Å². The molecular formula is C17H16ClF3N2O. The van der Waals surface area contributed by atoms with E-state index in [1.54, 1.807) is 12.1 Å². The largest absolute Gasteiger partial charge is 0.573 e. The molecule has 0 bridgehead atoms. The number of nitrogens with zero attached hydrogens (tertiary/aromatic N) is 2. The third-order valence-electron chi connectivity index (χ3n) is 3.86. The summed E-state index contributed by atoms with van der Waals surface area (Å²) >= 11 is 6.30. The number of ether oxygens (including phenoxy) is 1. The molecule has 128 valence electrons. The molecule has 3 nitrogen and oxygen atoms in total. The van der Waals surface area contributed by atoms with Crippen LogP contribution >= 0.6 is 11.6 Å². The highest BCUT2D eigenvalue weighted by Gasteiger charge is 2.31. The topological polar surface area (TPSA) is 15.7 Å². The van der Waals surface area contributed by atoms with Crippen molar-refractivity contribution >= 4 is 23.0 Å². The standard InChI is InChI=1S/C17H16ClF3N2O/c1-22-8-9-23(16-5-3-2-4-14(16)18)15-7-6-13(10-12(15)11-22)24-17(19,20)21/h2-7,10H,8-9,11H2,1H3. The smallest absolute Gasteiger partial charge is 0.406 e. The van der Waals surface area contributed by atoms with E-state index < -0.39 is 6.36 Å². The first-order valence-electron chi connectivity index (χ1n) is 7.43.